The monoisotopic (exact) mass is 407 g/mol. The quantitative estimate of drug-likeness (QED) is 0.653. The van der Waals surface area contributed by atoms with E-state index in [0.29, 0.717) is 31.9 Å². The molecule has 0 aromatic heterocycles. The first-order chi connectivity index (χ1) is 13.8. The Balaban J connectivity index is 1.66. The molecule has 0 radical (unpaired) electrons. The van der Waals surface area contributed by atoms with E-state index < -0.39 is 17.4 Å². The predicted molar refractivity (Wildman–Crippen MR) is 110 cm³/mol. The second-order valence-electron chi connectivity index (χ2n) is 9.14. The fraction of sp³-hybridized carbons (Fsp3) is 0.696. The maximum Gasteiger partial charge on any atom is 0.338 e. The highest BCUT2D eigenvalue weighted by Gasteiger charge is 2.45. The molecule has 1 heterocycles. The molecule has 2 fully saturated rings. The van der Waals surface area contributed by atoms with Crippen molar-refractivity contribution in [2.75, 3.05) is 39.5 Å². The third-order valence-electron chi connectivity index (χ3n) is 6.24. The standard InChI is InChI=1S/C23H34FNO4/c1-22(2,3)23(9-5-4-6-10-23)29-20-17-18(7-8-19(20)24)21(26)28-16-13-25-11-14-27-15-12-25/h7-8,17H,4-6,9-16H2,1-3H3. The van der Waals surface area contributed by atoms with Gasteiger partial charge in [0.25, 0.3) is 0 Å². The molecule has 0 bridgehead atoms. The highest BCUT2D eigenvalue weighted by molar-refractivity contribution is 5.89. The number of hydrogen-bond acceptors (Lipinski definition) is 5. The lowest BCUT2D eigenvalue weighted by atomic mass is 9.68. The van der Waals surface area contributed by atoms with Gasteiger partial charge in [0.15, 0.2) is 11.6 Å². The van der Waals surface area contributed by atoms with Crippen LogP contribution in [0.4, 0.5) is 4.39 Å². The van der Waals surface area contributed by atoms with Crippen LogP contribution in [0.3, 0.4) is 0 Å². The summed E-state index contributed by atoms with van der Waals surface area (Å²) in [5.41, 5.74) is -0.234. The molecule has 1 saturated heterocycles. The predicted octanol–water partition coefficient (Wildman–Crippen LogP) is 4.44. The summed E-state index contributed by atoms with van der Waals surface area (Å²) in [6, 6.07) is 4.26. The number of nitrogens with zero attached hydrogens (tertiary/aromatic N) is 1. The van der Waals surface area contributed by atoms with Gasteiger partial charge in [-0.3, -0.25) is 4.90 Å². The van der Waals surface area contributed by atoms with E-state index in [9.17, 15) is 9.18 Å². The van der Waals surface area contributed by atoms with Gasteiger partial charge in [0, 0.05) is 25.0 Å². The minimum atomic E-state index is -0.448. The van der Waals surface area contributed by atoms with Gasteiger partial charge >= 0.3 is 5.97 Å². The average Bonchev–Trinajstić information content (AvgIpc) is 2.70. The summed E-state index contributed by atoms with van der Waals surface area (Å²) >= 11 is 0. The minimum Gasteiger partial charge on any atom is -0.484 e. The molecule has 1 aliphatic heterocycles. The van der Waals surface area contributed by atoms with E-state index in [2.05, 4.69) is 25.7 Å². The number of carbonyl (C=O) groups is 1. The largest absolute Gasteiger partial charge is 0.484 e. The second-order valence-corrected chi connectivity index (χ2v) is 9.14. The van der Waals surface area contributed by atoms with Gasteiger partial charge in [0.05, 0.1) is 18.8 Å². The fourth-order valence-electron chi connectivity index (χ4n) is 4.22. The zero-order valence-corrected chi connectivity index (χ0v) is 18.0. The van der Waals surface area contributed by atoms with E-state index in [0.717, 1.165) is 38.8 Å². The molecule has 1 aromatic rings. The molecule has 0 amide bonds. The normalized spacial score (nSPS) is 20.3. The first-order valence-electron chi connectivity index (χ1n) is 10.8. The summed E-state index contributed by atoms with van der Waals surface area (Å²) in [4.78, 5) is 14.7. The van der Waals surface area contributed by atoms with Crippen molar-refractivity contribution in [3.63, 3.8) is 0 Å². The summed E-state index contributed by atoms with van der Waals surface area (Å²) in [6.07, 6.45) is 5.11. The smallest absolute Gasteiger partial charge is 0.338 e. The summed E-state index contributed by atoms with van der Waals surface area (Å²) in [6.45, 7) is 10.5. The number of benzene rings is 1. The van der Waals surface area contributed by atoms with Gasteiger partial charge < -0.3 is 14.2 Å². The van der Waals surface area contributed by atoms with Crippen LogP contribution in [0.25, 0.3) is 0 Å². The lowest BCUT2D eigenvalue weighted by molar-refractivity contribution is -0.0637. The van der Waals surface area contributed by atoms with Gasteiger partial charge in [0.1, 0.15) is 12.2 Å². The van der Waals surface area contributed by atoms with E-state index in [-0.39, 0.29) is 11.2 Å². The number of halogens is 1. The molecule has 2 aliphatic rings. The molecule has 0 unspecified atom stereocenters. The zero-order valence-electron chi connectivity index (χ0n) is 18.0. The Bertz CT molecular complexity index is 689. The van der Waals surface area contributed by atoms with Crippen molar-refractivity contribution >= 4 is 5.97 Å². The lowest BCUT2D eigenvalue weighted by Gasteiger charge is -2.47. The van der Waals surface area contributed by atoms with Gasteiger partial charge in [-0.25, -0.2) is 9.18 Å². The highest BCUT2D eigenvalue weighted by atomic mass is 19.1. The van der Waals surface area contributed by atoms with Gasteiger partial charge in [-0.1, -0.05) is 27.2 Å². The topological polar surface area (TPSA) is 48.0 Å². The number of rotatable bonds is 6. The zero-order chi connectivity index (χ0) is 20.9. The van der Waals surface area contributed by atoms with Crippen LogP contribution < -0.4 is 4.74 Å². The minimum absolute atomic E-state index is 0.130. The van der Waals surface area contributed by atoms with E-state index in [4.69, 9.17) is 14.2 Å². The van der Waals surface area contributed by atoms with Crippen LogP contribution in [0.5, 0.6) is 5.75 Å². The van der Waals surface area contributed by atoms with Crippen LogP contribution in [0.15, 0.2) is 18.2 Å². The molecule has 0 atom stereocenters. The molecule has 1 aromatic carbocycles. The molecule has 3 rings (SSSR count). The molecule has 6 heteroatoms. The van der Waals surface area contributed by atoms with Gasteiger partial charge in [0.2, 0.25) is 0 Å². The Kier molecular flexibility index (Phi) is 7.17. The molecular weight excluding hydrogens is 373 g/mol. The number of carbonyl (C=O) groups excluding carboxylic acids is 1. The molecule has 5 nitrogen and oxygen atoms in total. The summed E-state index contributed by atoms with van der Waals surface area (Å²) < 4.78 is 31.6. The molecule has 0 N–H and O–H groups in total. The van der Waals surface area contributed by atoms with Crippen LogP contribution in [0.1, 0.15) is 63.2 Å². The van der Waals surface area contributed by atoms with Gasteiger partial charge in [-0.05, 0) is 43.9 Å². The maximum absolute atomic E-state index is 14.5. The van der Waals surface area contributed by atoms with E-state index in [1.54, 1.807) is 0 Å². The van der Waals surface area contributed by atoms with Crippen molar-refractivity contribution in [3.8, 4) is 5.75 Å². The lowest BCUT2D eigenvalue weighted by Crippen LogP contribution is -2.49. The first-order valence-corrected chi connectivity index (χ1v) is 10.8. The SMILES string of the molecule is CC(C)(C)C1(Oc2cc(C(=O)OCCN3CCOCC3)ccc2F)CCCCC1. The van der Waals surface area contributed by atoms with Crippen LogP contribution in [-0.2, 0) is 9.47 Å². The molecule has 1 aliphatic carbocycles. The number of esters is 1. The van der Waals surface area contributed by atoms with E-state index >= 15 is 0 Å². The number of hydrogen-bond donors (Lipinski definition) is 0. The number of morpholine rings is 1. The summed E-state index contributed by atoms with van der Waals surface area (Å²) in [7, 11) is 0. The van der Waals surface area contributed by atoms with Crippen molar-refractivity contribution < 1.29 is 23.4 Å². The highest BCUT2D eigenvalue weighted by Crippen LogP contribution is 2.45. The van der Waals surface area contributed by atoms with Crippen LogP contribution >= 0.6 is 0 Å². The fourth-order valence-corrected chi connectivity index (χ4v) is 4.22. The van der Waals surface area contributed by atoms with Crippen LogP contribution in [0, 0.1) is 11.2 Å². The van der Waals surface area contributed by atoms with Crippen molar-refractivity contribution in [3.05, 3.63) is 29.6 Å². The first kappa shape index (κ1) is 22.0. The Morgan fingerprint density at radius 3 is 2.52 bits per heavy atom. The Labute approximate surface area is 173 Å². The van der Waals surface area contributed by atoms with Crippen molar-refractivity contribution in [1.29, 1.82) is 0 Å². The molecule has 1 saturated carbocycles. The third kappa shape index (κ3) is 5.48. The van der Waals surface area contributed by atoms with Crippen LogP contribution in [0.2, 0.25) is 0 Å². The summed E-state index contributed by atoms with van der Waals surface area (Å²) in [5.74, 6) is -0.745. The van der Waals surface area contributed by atoms with Crippen molar-refractivity contribution in [2.24, 2.45) is 5.41 Å². The van der Waals surface area contributed by atoms with E-state index in [1.165, 1.54) is 24.6 Å². The van der Waals surface area contributed by atoms with Crippen molar-refractivity contribution in [2.45, 2.75) is 58.5 Å². The molecular formula is C23H34FNO4. The second kappa shape index (κ2) is 9.43. The van der Waals surface area contributed by atoms with Crippen molar-refractivity contribution in [1.82, 2.24) is 4.90 Å². The number of ether oxygens (including phenoxy) is 3. The Hall–Kier alpha value is -1.66. The Morgan fingerprint density at radius 2 is 1.86 bits per heavy atom. The van der Waals surface area contributed by atoms with Crippen LogP contribution in [-0.4, -0.2) is 55.9 Å². The maximum atomic E-state index is 14.5. The summed E-state index contributed by atoms with van der Waals surface area (Å²) in [5, 5.41) is 0. The Morgan fingerprint density at radius 1 is 1.17 bits per heavy atom. The molecule has 162 valence electrons. The average molecular weight is 408 g/mol. The molecule has 0 spiro atoms. The van der Waals surface area contributed by atoms with E-state index in [1.807, 2.05) is 0 Å². The van der Waals surface area contributed by atoms with Gasteiger partial charge in [-0.15, -0.1) is 0 Å². The third-order valence-corrected chi connectivity index (χ3v) is 6.24. The van der Waals surface area contributed by atoms with Gasteiger partial charge in [-0.2, -0.15) is 0 Å². The molecule has 29 heavy (non-hydrogen) atoms.